The predicted octanol–water partition coefficient (Wildman–Crippen LogP) is 0.783. The zero-order valence-electron chi connectivity index (χ0n) is 6.26. The Morgan fingerprint density at radius 2 is 2.60 bits per heavy atom. The van der Waals surface area contributed by atoms with Crippen LogP contribution < -0.4 is 0 Å². The second kappa shape index (κ2) is 2.82. The van der Waals surface area contributed by atoms with Crippen LogP contribution in [0.3, 0.4) is 0 Å². The molecule has 1 atom stereocenters. The van der Waals surface area contributed by atoms with Crippen molar-refractivity contribution in [1.29, 1.82) is 0 Å². The molecular formula is C7H11NO2. The Bertz CT molecular complexity index is 174. The molecule has 56 valence electrons. The Kier molecular flexibility index (Phi) is 2.04. The molecule has 3 nitrogen and oxygen atoms in total. The number of nitrogens with zero attached hydrogens (tertiary/aromatic N) is 1. The second-order valence-electron chi connectivity index (χ2n) is 2.31. The van der Waals surface area contributed by atoms with Crippen LogP contribution in [0.15, 0.2) is 4.99 Å². The molecule has 0 fully saturated rings. The highest BCUT2D eigenvalue weighted by Gasteiger charge is 2.21. The molecule has 1 rings (SSSR count). The van der Waals surface area contributed by atoms with Crippen LogP contribution in [-0.4, -0.2) is 24.3 Å². The molecule has 0 N–H and O–H groups in total. The lowest BCUT2D eigenvalue weighted by atomic mass is 10.3. The minimum Gasteiger partial charge on any atom is -0.468 e. The summed E-state index contributed by atoms with van der Waals surface area (Å²) in [6.45, 7) is 4.00. The van der Waals surface area contributed by atoms with Crippen LogP contribution in [0.5, 0.6) is 0 Å². The van der Waals surface area contributed by atoms with Gasteiger partial charge < -0.3 is 4.74 Å². The molecule has 0 aromatic carbocycles. The average molecular weight is 141 g/mol. The van der Waals surface area contributed by atoms with Gasteiger partial charge in [-0.3, -0.25) is 9.79 Å². The first-order valence-corrected chi connectivity index (χ1v) is 3.44. The van der Waals surface area contributed by atoms with Gasteiger partial charge >= 0.3 is 0 Å². The summed E-state index contributed by atoms with van der Waals surface area (Å²) in [5, 5.41) is 0. The van der Waals surface area contributed by atoms with E-state index in [0.29, 0.717) is 12.4 Å². The number of aliphatic imine (C=N–C) groups is 1. The summed E-state index contributed by atoms with van der Waals surface area (Å²) >= 11 is 0. The molecule has 0 aromatic heterocycles. The topological polar surface area (TPSA) is 38.7 Å². The molecule has 0 radical (unpaired) electrons. The molecule has 0 spiro atoms. The van der Waals surface area contributed by atoms with E-state index < -0.39 is 0 Å². The molecule has 1 heterocycles. The van der Waals surface area contributed by atoms with Gasteiger partial charge in [-0.05, 0) is 6.92 Å². The van der Waals surface area contributed by atoms with Crippen molar-refractivity contribution in [2.45, 2.75) is 26.4 Å². The second-order valence-corrected chi connectivity index (χ2v) is 2.31. The van der Waals surface area contributed by atoms with Crippen LogP contribution in [0.1, 0.15) is 20.3 Å². The average Bonchev–Trinajstić information content (AvgIpc) is 2.34. The van der Waals surface area contributed by atoms with Gasteiger partial charge in [-0.15, -0.1) is 0 Å². The lowest BCUT2D eigenvalue weighted by Crippen LogP contribution is -2.21. The first kappa shape index (κ1) is 7.25. The summed E-state index contributed by atoms with van der Waals surface area (Å²) in [6.07, 6.45) is 0.485. The molecule has 0 aromatic rings. The number of ether oxygens (including phenoxy) is 1. The summed E-state index contributed by atoms with van der Waals surface area (Å²) in [4.78, 5) is 14.7. The Morgan fingerprint density at radius 3 is 2.90 bits per heavy atom. The van der Waals surface area contributed by atoms with Gasteiger partial charge in [0.05, 0.1) is 6.54 Å². The third kappa shape index (κ3) is 1.35. The van der Waals surface area contributed by atoms with Gasteiger partial charge in [-0.2, -0.15) is 0 Å². The molecule has 0 saturated carbocycles. The largest absolute Gasteiger partial charge is 0.468 e. The summed E-state index contributed by atoms with van der Waals surface area (Å²) in [6, 6.07) is 0. The maximum atomic E-state index is 10.7. The maximum Gasteiger partial charge on any atom is 0.184 e. The van der Waals surface area contributed by atoms with Crippen molar-refractivity contribution >= 4 is 11.7 Å². The van der Waals surface area contributed by atoms with E-state index in [-0.39, 0.29) is 11.9 Å². The Labute approximate surface area is 60.1 Å². The molecule has 1 unspecified atom stereocenters. The van der Waals surface area contributed by atoms with Crippen LogP contribution in [0.25, 0.3) is 0 Å². The van der Waals surface area contributed by atoms with Gasteiger partial charge in [-0.25, -0.2) is 0 Å². The van der Waals surface area contributed by atoms with Crippen molar-refractivity contribution in [2.24, 2.45) is 4.99 Å². The lowest BCUT2D eigenvalue weighted by Gasteiger charge is -2.04. The highest BCUT2D eigenvalue weighted by atomic mass is 16.5. The zero-order valence-corrected chi connectivity index (χ0v) is 6.26. The van der Waals surface area contributed by atoms with E-state index in [1.165, 1.54) is 6.92 Å². The summed E-state index contributed by atoms with van der Waals surface area (Å²) < 4.78 is 5.17. The molecule has 0 saturated heterocycles. The Morgan fingerprint density at radius 1 is 1.90 bits per heavy atom. The van der Waals surface area contributed by atoms with E-state index in [2.05, 4.69) is 4.99 Å². The SMILES string of the molecule is CCC1=NCC(C(C)=O)O1. The molecule has 1 aliphatic rings. The first-order valence-electron chi connectivity index (χ1n) is 3.44. The molecule has 0 aliphatic carbocycles. The third-order valence-electron chi connectivity index (χ3n) is 1.47. The normalized spacial score (nSPS) is 23.8. The predicted molar refractivity (Wildman–Crippen MR) is 38.1 cm³/mol. The molecule has 10 heavy (non-hydrogen) atoms. The van der Waals surface area contributed by atoms with Gasteiger partial charge in [-0.1, -0.05) is 6.92 Å². The van der Waals surface area contributed by atoms with Crippen molar-refractivity contribution in [2.75, 3.05) is 6.54 Å². The lowest BCUT2D eigenvalue weighted by molar-refractivity contribution is -0.123. The number of hydrogen-bond donors (Lipinski definition) is 0. The van der Waals surface area contributed by atoms with Gasteiger partial charge in [0.25, 0.3) is 0 Å². The van der Waals surface area contributed by atoms with Crippen molar-refractivity contribution in [3.63, 3.8) is 0 Å². The quantitative estimate of drug-likeness (QED) is 0.570. The first-order chi connectivity index (χ1) is 4.74. The molecule has 3 heteroatoms. The molecule has 0 amide bonds. The van der Waals surface area contributed by atoms with Crippen LogP contribution >= 0.6 is 0 Å². The fourth-order valence-corrected chi connectivity index (χ4v) is 0.830. The minimum atomic E-state index is -0.296. The van der Waals surface area contributed by atoms with Crippen molar-refractivity contribution in [1.82, 2.24) is 0 Å². The number of carbonyl (C=O) groups is 1. The smallest absolute Gasteiger partial charge is 0.184 e. The van der Waals surface area contributed by atoms with Crippen LogP contribution in [0.2, 0.25) is 0 Å². The fraction of sp³-hybridized carbons (Fsp3) is 0.714. The Balaban J connectivity index is 2.43. The number of Topliss-reactive ketones (excluding diaryl/α,β-unsaturated/α-hetero) is 1. The Hall–Kier alpha value is -0.860. The summed E-state index contributed by atoms with van der Waals surface area (Å²) in [5.41, 5.74) is 0. The monoisotopic (exact) mass is 141 g/mol. The van der Waals surface area contributed by atoms with E-state index in [1.54, 1.807) is 0 Å². The summed E-state index contributed by atoms with van der Waals surface area (Å²) in [5.74, 6) is 0.771. The van der Waals surface area contributed by atoms with Crippen molar-refractivity contribution < 1.29 is 9.53 Å². The number of ketones is 1. The van der Waals surface area contributed by atoms with E-state index >= 15 is 0 Å². The standard InChI is InChI=1S/C7H11NO2/c1-3-7-8-4-6(10-7)5(2)9/h6H,3-4H2,1-2H3. The number of rotatable bonds is 2. The maximum absolute atomic E-state index is 10.7. The van der Waals surface area contributed by atoms with Gasteiger partial charge in [0.2, 0.25) is 0 Å². The minimum absolute atomic E-state index is 0.0622. The van der Waals surface area contributed by atoms with Crippen LogP contribution in [-0.2, 0) is 9.53 Å². The molecule has 1 aliphatic heterocycles. The summed E-state index contributed by atoms with van der Waals surface area (Å²) in [7, 11) is 0. The highest BCUT2D eigenvalue weighted by Crippen LogP contribution is 2.07. The van der Waals surface area contributed by atoms with E-state index in [0.717, 1.165) is 6.42 Å². The van der Waals surface area contributed by atoms with Crippen molar-refractivity contribution in [3.8, 4) is 0 Å². The third-order valence-corrected chi connectivity index (χ3v) is 1.47. The highest BCUT2D eigenvalue weighted by molar-refractivity contribution is 5.87. The van der Waals surface area contributed by atoms with Crippen molar-refractivity contribution in [3.05, 3.63) is 0 Å². The van der Waals surface area contributed by atoms with Crippen LogP contribution in [0, 0.1) is 0 Å². The molecular weight excluding hydrogens is 130 g/mol. The van der Waals surface area contributed by atoms with Crippen LogP contribution in [0.4, 0.5) is 0 Å². The van der Waals surface area contributed by atoms with Gasteiger partial charge in [0.1, 0.15) is 0 Å². The number of carbonyl (C=O) groups excluding carboxylic acids is 1. The fourth-order valence-electron chi connectivity index (χ4n) is 0.830. The van der Waals surface area contributed by atoms with E-state index in [9.17, 15) is 4.79 Å². The zero-order chi connectivity index (χ0) is 7.56. The molecule has 0 bridgehead atoms. The van der Waals surface area contributed by atoms with Gasteiger partial charge in [0, 0.05) is 6.42 Å². The number of hydrogen-bond acceptors (Lipinski definition) is 3. The van der Waals surface area contributed by atoms with E-state index in [4.69, 9.17) is 4.74 Å². The van der Waals surface area contributed by atoms with Gasteiger partial charge in [0.15, 0.2) is 17.8 Å². The van der Waals surface area contributed by atoms with E-state index in [1.807, 2.05) is 6.92 Å².